The van der Waals surface area contributed by atoms with Crippen LogP contribution in [-0.4, -0.2) is 41.6 Å². The maximum absolute atomic E-state index is 15.4. The number of hydrogen-bond donors (Lipinski definition) is 1. The van der Waals surface area contributed by atoms with E-state index in [0.717, 1.165) is 0 Å². The van der Waals surface area contributed by atoms with Crippen LogP contribution in [0.4, 0.5) is 11.4 Å². The topological polar surface area (TPSA) is 121 Å². The Kier molecular flexibility index (Phi) is 7.72. The maximum atomic E-state index is 15.4. The first kappa shape index (κ1) is 32.7. The largest absolute Gasteiger partial charge is 0.508 e. The molecule has 4 aromatic rings. The molecule has 3 fully saturated rings. The second kappa shape index (κ2) is 12.1. The van der Waals surface area contributed by atoms with E-state index < -0.39 is 52.7 Å². The van der Waals surface area contributed by atoms with Gasteiger partial charge >= 0.3 is 0 Å². The predicted octanol–water partition coefficient (Wildman–Crippen LogP) is 6.62. The number of anilines is 2. The van der Waals surface area contributed by atoms with Crippen molar-refractivity contribution in [3.8, 4) is 11.5 Å². The Balaban J connectivity index is 1.35. The van der Waals surface area contributed by atoms with E-state index in [0.29, 0.717) is 44.4 Å². The first-order valence-electron chi connectivity index (χ1n) is 16.8. The van der Waals surface area contributed by atoms with Gasteiger partial charge in [0.15, 0.2) is 5.78 Å². The fourth-order valence-electron chi connectivity index (χ4n) is 9.16. The van der Waals surface area contributed by atoms with Gasteiger partial charge in [-0.1, -0.05) is 65.7 Å². The zero-order valence-corrected chi connectivity index (χ0v) is 28.5. The van der Waals surface area contributed by atoms with Crippen LogP contribution >= 0.6 is 11.6 Å². The number of aromatic hydroxyl groups is 1. The smallest absolute Gasteiger partial charge is 0.246 e. The molecule has 2 aliphatic heterocycles. The molecule has 4 aromatic carbocycles. The van der Waals surface area contributed by atoms with Gasteiger partial charge in [-0.05, 0) is 85.8 Å². The number of ether oxygens (including phenoxy) is 1. The highest BCUT2D eigenvalue weighted by Gasteiger charge is 2.71. The number of allylic oxidation sites excluding steroid dienone is 2. The molecule has 0 aromatic heterocycles. The quantitative estimate of drug-likeness (QED) is 0.136. The summed E-state index contributed by atoms with van der Waals surface area (Å²) in [5.74, 6) is -5.76. The molecule has 256 valence electrons. The molecule has 10 heteroatoms. The molecule has 1 saturated carbocycles. The van der Waals surface area contributed by atoms with Crippen LogP contribution in [-0.2, 0) is 24.6 Å². The van der Waals surface area contributed by atoms with Crippen molar-refractivity contribution in [1.29, 1.82) is 0 Å². The summed E-state index contributed by atoms with van der Waals surface area (Å²) in [7, 11) is 1.48. The minimum absolute atomic E-state index is 0.103. The van der Waals surface area contributed by atoms with Gasteiger partial charge in [0, 0.05) is 22.1 Å². The number of Topliss-reactive ketones (excluding diaryl/α,β-unsaturated/α-hetero) is 1. The van der Waals surface area contributed by atoms with Gasteiger partial charge < -0.3 is 9.84 Å². The number of rotatable bonds is 6. The summed E-state index contributed by atoms with van der Waals surface area (Å²) < 4.78 is 5.84. The molecule has 9 nitrogen and oxygen atoms in total. The summed E-state index contributed by atoms with van der Waals surface area (Å²) in [5, 5.41) is 12.0. The minimum Gasteiger partial charge on any atom is -0.508 e. The molecular weight excluding hydrogens is 668 g/mol. The van der Waals surface area contributed by atoms with Gasteiger partial charge in [-0.3, -0.25) is 28.9 Å². The number of benzene rings is 4. The van der Waals surface area contributed by atoms with Crippen LogP contribution in [0.15, 0.2) is 109 Å². The number of hydrogen-bond acceptors (Lipinski definition) is 7. The minimum atomic E-state index is -1.56. The Morgan fingerprint density at radius 2 is 1.55 bits per heavy atom. The lowest BCUT2D eigenvalue weighted by atomic mass is 9.49. The molecule has 8 rings (SSSR count). The standard InChI is InChI=1S/C41H33ClN2O7/c1-22(45)23-14-16-26(17-15-23)43-37(47)29-19-18-28-30(34(29)39(43)49)21-31-38(48)44(27-11-6-10-25(42)20-27)40(50)41(31,24-8-4-3-5-9-24)36(28)35-32(46)12-7-13-33(35)51-2/h3-18,20,29-31,34,36,46H,19,21H2,1-2H3/t29-,30+,31-,34-,36+,41+/m0/s1. The van der Waals surface area contributed by atoms with Gasteiger partial charge in [0.25, 0.3) is 0 Å². The number of halogens is 1. The average Bonchev–Trinajstić information content (AvgIpc) is 3.52. The summed E-state index contributed by atoms with van der Waals surface area (Å²) in [5.41, 5.74) is 1.17. The van der Waals surface area contributed by atoms with E-state index in [4.69, 9.17) is 16.3 Å². The highest BCUT2D eigenvalue weighted by Crippen LogP contribution is 2.66. The number of ketones is 1. The zero-order valence-electron chi connectivity index (χ0n) is 27.8. The van der Waals surface area contributed by atoms with Gasteiger partial charge in [0.2, 0.25) is 23.6 Å². The maximum Gasteiger partial charge on any atom is 0.246 e. The van der Waals surface area contributed by atoms with Crippen molar-refractivity contribution in [3.05, 3.63) is 130 Å². The van der Waals surface area contributed by atoms with E-state index in [1.54, 1.807) is 60.7 Å². The number of nitrogens with zero attached hydrogens (tertiary/aromatic N) is 2. The molecule has 0 spiro atoms. The van der Waals surface area contributed by atoms with Crippen molar-refractivity contribution >= 4 is 52.4 Å². The van der Waals surface area contributed by atoms with Crippen LogP contribution in [0.3, 0.4) is 0 Å². The number of fused-ring (bicyclic) bond motifs is 4. The van der Waals surface area contributed by atoms with E-state index in [1.165, 1.54) is 29.9 Å². The SMILES string of the molecule is COc1cccc(O)c1[C@H]1C2=CC[C@@H]3C(=O)N(c4ccc(C(C)=O)cc4)C(=O)[C@@H]3[C@@H]2C[C@H]2C(=O)N(c3cccc(Cl)c3)C(=O)[C@@]12c1ccccc1. The highest BCUT2D eigenvalue weighted by atomic mass is 35.5. The lowest BCUT2D eigenvalue weighted by molar-refractivity contribution is -0.127. The Hall–Kier alpha value is -5.54. The van der Waals surface area contributed by atoms with Crippen molar-refractivity contribution < 1.29 is 33.8 Å². The van der Waals surface area contributed by atoms with Crippen molar-refractivity contribution in [2.24, 2.45) is 23.7 Å². The van der Waals surface area contributed by atoms with Crippen LogP contribution in [0, 0.1) is 23.7 Å². The van der Waals surface area contributed by atoms with E-state index in [-0.39, 0.29) is 30.3 Å². The van der Waals surface area contributed by atoms with Crippen molar-refractivity contribution in [3.63, 3.8) is 0 Å². The predicted molar refractivity (Wildman–Crippen MR) is 190 cm³/mol. The van der Waals surface area contributed by atoms with Crippen LogP contribution < -0.4 is 14.5 Å². The molecule has 51 heavy (non-hydrogen) atoms. The average molecular weight is 701 g/mol. The normalized spacial score (nSPS) is 26.8. The third-order valence-electron chi connectivity index (χ3n) is 11.3. The van der Waals surface area contributed by atoms with E-state index in [9.17, 15) is 24.3 Å². The number of carbonyl (C=O) groups excluding carboxylic acids is 5. The van der Waals surface area contributed by atoms with Crippen molar-refractivity contribution in [2.75, 3.05) is 16.9 Å². The molecule has 2 aliphatic carbocycles. The number of amides is 4. The molecule has 0 unspecified atom stereocenters. The first-order chi connectivity index (χ1) is 24.6. The summed E-state index contributed by atoms with van der Waals surface area (Å²) in [6.07, 6.45) is 2.24. The van der Waals surface area contributed by atoms with Crippen molar-refractivity contribution in [1.82, 2.24) is 0 Å². The number of carbonyl (C=O) groups is 5. The van der Waals surface area contributed by atoms with Gasteiger partial charge in [0.1, 0.15) is 11.5 Å². The van der Waals surface area contributed by atoms with Crippen LogP contribution in [0.2, 0.25) is 5.02 Å². The lowest BCUT2D eigenvalue weighted by Crippen LogP contribution is -2.53. The highest BCUT2D eigenvalue weighted by molar-refractivity contribution is 6.32. The van der Waals surface area contributed by atoms with Crippen LogP contribution in [0.5, 0.6) is 11.5 Å². The molecule has 6 atom stereocenters. The molecule has 0 bridgehead atoms. The second-order valence-corrected chi connectivity index (χ2v) is 14.0. The van der Waals surface area contributed by atoms with Gasteiger partial charge in [-0.15, -0.1) is 0 Å². The molecular formula is C41H33ClN2O7. The Morgan fingerprint density at radius 3 is 2.24 bits per heavy atom. The molecule has 4 aliphatic rings. The summed E-state index contributed by atoms with van der Waals surface area (Å²) in [6, 6.07) is 26.9. The monoisotopic (exact) mass is 700 g/mol. The van der Waals surface area contributed by atoms with Gasteiger partial charge in [-0.25, -0.2) is 4.90 Å². The van der Waals surface area contributed by atoms with E-state index in [2.05, 4.69) is 0 Å². The van der Waals surface area contributed by atoms with Gasteiger partial charge in [0.05, 0.1) is 41.7 Å². The number of phenolic OH excluding ortho intramolecular Hbond substituents is 1. The van der Waals surface area contributed by atoms with Crippen LogP contribution in [0.25, 0.3) is 0 Å². The lowest BCUT2D eigenvalue weighted by Gasteiger charge is -2.51. The van der Waals surface area contributed by atoms with Gasteiger partial charge in [-0.2, -0.15) is 0 Å². The fourth-order valence-corrected chi connectivity index (χ4v) is 9.34. The van der Waals surface area contributed by atoms with E-state index >= 15 is 4.79 Å². The second-order valence-electron chi connectivity index (χ2n) is 13.6. The Morgan fingerprint density at radius 1 is 0.824 bits per heavy atom. The molecule has 0 radical (unpaired) electrons. The number of methoxy groups -OCH3 is 1. The molecule has 2 saturated heterocycles. The summed E-state index contributed by atoms with van der Waals surface area (Å²) >= 11 is 6.39. The Bertz CT molecular complexity index is 2180. The molecule has 4 amide bonds. The summed E-state index contributed by atoms with van der Waals surface area (Å²) in [6.45, 7) is 1.44. The number of imide groups is 2. The van der Waals surface area contributed by atoms with Crippen LogP contribution in [0.1, 0.15) is 47.2 Å². The first-order valence-corrected chi connectivity index (χ1v) is 17.2. The molecule has 1 N–H and O–H groups in total. The third kappa shape index (κ3) is 4.64. The molecule has 2 heterocycles. The Labute approximate surface area is 299 Å². The fraction of sp³-hybridized carbons (Fsp3) is 0.244. The number of phenols is 1. The zero-order chi connectivity index (χ0) is 35.8. The summed E-state index contributed by atoms with van der Waals surface area (Å²) in [4.78, 5) is 73.2. The van der Waals surface area contributed by atoms with Crippen molar-refractivity contribution in [2.45, 2.75) is 31.1 Å². The van der Waals surface area contributed by atoms with E-state index in [1.807, 2.05) is 36.4 Å². The third-order valence-corrected chi connectivity index (χ3v) is 11.5.